The van der Waals surface area contributed by atoms with Gasteiger partial charge in [0.1, 0.15) is 5.60 Å². The maximum absolute atomic E-state index is 12.1. The van der Waals surface area contributed by atoms with Crippen LogP contribution in [-0.2, 0) is 16.0 Å². The van der Waals surface area contributed by atoms with E-state index in [0.29, 0.717) is 6.42 Å². The van der Waals surface area contributed by atoms with Crippen molar-refractivity contribution >= 4 is 12.1 Å². The Hall–Kier alpha value is -1.44. The van der Waals surface area contributed by atoms with Gasteiger partial charge in [0.15, 0.2) is 0 Å². The second-order valence-corrected chi connectivity index (χ2v) is 7.72. The Morgan fingerprint density at radius 2 is 1.62 bits per heavy atom. The number of hydrogen-bond acceptors (Lipinski definition) is 3. The third-order valence-corrected chi connectivity index (χ3v) is 4.06. The minimum Gasteiger partial charge on any atom is -1.00 e. The molecule has 1 amide bonds. The maximum atomic E-state index is 12.1. The van der Waals surface area contributed by atoms with Crippen molar-refractivity contribution in [3.05, 3.63) is 72.3 Å². The van der Waals surface area contributed by atoms with Crippen LogP contribution in [-0.4, -0.2) is 28.8 Å². The summed E-state index contributed by atoms with van der Waals surface area (Å²) in [4.78, 5) is 23.3. The van der Waals surface area contributed by atoms with Gasteiger partial charge in [-0.3, -0.25) is 0 Å². The van der Waals surface area contributed by atoms with Gasteiger partial charge >= 0.3 is 63.4 Å². The summed E-state index contributed by atoms with van der Waals surface area (Å²) < 4.78 is 5.30. The molecule has 150 valence electrons. The monoisotopic (exact) mass is 421 g/mol. The molecule has 0 saturated carbocycles. The molecule has 0 aliphatic carbocycles. The molecule has 2 aromatic carbocycles. The SMILES string of the molecule is C=C(C[C@@H](Cc1ccc(-c2ccccc2)cc1)NC(=O)OC(C)(C)C)C(=O)O.[H-].[K+]. The number of alkyl carbamates (subject to hydrolysis) is 1. The Bertz CT molecular complexity index is 833. The average Bonchev–Trinajstić information content (AvgIpc) is 2.61. The molecule has 0 aliphatic heterocycles. The van der Waals surface area contributed by atoms with Crippen LogP contribution in [0.1, 0.15) is 34.2 Å². The van der Waals surface area contributed by atoms with Crippen molar-refractivity contribution in [2.75, 3.05) is 0 Å². The van der Waals surface area contributed by atoms with Crippen LogP contribution in [0.2, 0.25) is 0 Å². The number of carbonyl (C=O) groups is 2. The number of amides is 1. The van der Waals surface area contributed by atoms with Gasteiger partial charge in [0.25, 0.3) is 0 Å². The predicted octanol–water partition coefficient (Wildman–Crippen LogP) is 1.94. The summed E-state index contributed by atoms with van der Waals surface area (Å²) in [7, 11) is 0. The number of carboxylic acids is 1. The summed E-state index contributed by atoms with van der Waals surface area (Å²) in [6.07, 6.45) is 0.0342. The molecule has 1 atom stereocenters. The van der Waals surface area contributed by atoms with Crippen LogP contribution in [0.3, 0.4) is 0 Å². The van der Waals surface area contributed by atoms with Gasteiger partial charge in [-0.05, 0) is 50.3 Å². The van der Waals surface area contributed by atoms with Crippen LogP contribution in [0.5, 0.6) is 0 Å². The molecule has 0 fully saturated rings. The second-order valence-electron chi connectivity index (χ2n) is 7.72. The summed E-state index contributed by atoms with van der Waals surface area (Å²) in [5.41, 5.74) is 2.61. The molecule has 6 heteroatoms. The van der Waals surface area contributed by atoms with Gasteiger partial charge in [0.2, 0.25) is 0 Å². The number of benzene rings is 2. The van der Waals surface area contributed by atoms with Crippen molar-refractivity contribution in [2.24, 2.45) is 0 Å². The zero-order valence-electron chi connectivity index (χ0n) is 18.6. The van der Waals surface area contributed by atoms with Crippen molar-refractivity contribution in [1.82, 2.24) is 5.32 Å². The molecule has 29 heavy (non-hydrogen) atoms. The first-order valence-corrected chi connectivity index (χ1v) is 9.19. The Morgan fingerprint density at radius 3 is 2.14 bits per heavy atom. The topological polar surface area (TPSA) is 75.6 Å². The average molecular weight is 422 g/mol. The molecule has 0 saturated heterocycles. The molecule has 0 spiro atoms. The molecule has 0 unspecified atom stereocenters. The minimum absolute atomic E-state index is 0. The number of ether oxygens (including phenoxy) is 1. The first-order chi connectivity index (χ1) is 13.1. The second kappa shape index (κ2) is 11.7. The van der Waals surface area contributed by atoms with Gasteiger partial charge in [-0.15, -0.1) is 0 Å². The molecule has 0 heterocycles. The van der Waals surface area contributed by atoms with Crippen LogP contribution < -0.4 is 56.7 Å². The normalized spacial score (nSPS) is 11.7. The Labute approximate surface area is 216 Å². The van der Waals surface area contributed by atoms with Gasteiger partial charge in [0.05, 0.1) is 0 Å². The predicted molar refractivity (Wildman–Crippen MR) is 111 cm³/mol. The summed E-state index contributed by atoms with van der Waals surface area (Å²) >= 11 is 0. The summed E-state index contributed by atoms with van der Waals surface area (Å²) in [6.45, 7) is 8.91. The van der Waals surface area contributed by atoms with Crippen molar-refractivity contribution in [3.63, 3.8) is 0 Å². The summed E-state index contributed by atoms with van der Waals surface area (Å²) in [5.74, 6) is -1.07. The largest absolute Gasteiger partial charge is 1.00 e. The van der Waals surface area contributed by atoms with Crippen molar-refractivity contribution in [3.8, 4) is 11.1 Å². The van der Waals surface area contributed by atoms with E-state index in [1.54, 1.807) is 20.8 Å². The number of nitrogens with one attached hydrogen (secondary N) is 1. The Balaban J connectivity index is 0.00000420. The number of aliphatic carboxylic acids is 1. The van der Waals surface area contributed by atoms with Gasteiger partial charge in [-0.1, -0.05) is 61.2 Å². The van der Waals surface area contributed by atoms with E-state index in [1.807, 2.05) is 54.6 Å². The molecular weight excluding hydrogens is 393 g/mol. The number of carbonyl (C=O) groups excluding carboxylic acids is 1. The molecule has 2 aromatic rings. The molecule has 0 aliphatic rings. The molecule has 0 radical (unpaired) electrons. The first kappa shape index (κ1) is 25.6. The Morgan fingerprint density at radius 1 is 1.07 bits per heavy atom. The van der Waals surface area contributed by atoms with Gasteiger partial charge in [0, 0.05) is 11.6 Å². The van der Waals surface area contributed by atoms with E-state index in [2.05, 4.69) is 11.9 Å². The number of carboxylic acid groups (broad SMARTS) is 1. The molecular formula is C23H28KNO4. The maximum Gasteiger partial charge on any atom is 1.00 e. The summed E-state index contributed by atoms with van der Waals surface area (Å²) in [6, 6.07) is 17.6. The van der Waals surface area contributed by atoms with E-state index in [4.69, 9.17) is 9.84 Å². The van der Waals surface area contributed by atoms with E-state index in [-0.39, 0.29) is 64.8 Å². The van der Waals surface area contributed by atoms with E-state index < -0.39 is 23.7 Å². The van der Waals surface area contributed by atoms with Gasteiger partial charge in [-0.25, -0.2) is 9.59 Å². The van der Waals surface area contributed by atoms with Crippen LogP contribution in [0.25, 0.3) is 11.1 Å². The molecule has 2 N–H and O–H groups in total. The smallest absolute Gasteiger partial charge is 1.00 e. The Kier molecular flexibility index (Phi) is 10.3. The number of rotatable bonds is 7. The fourth-order valence-corrected chi connectivity index (χ4v) is 2.78. The number of hydrogen-bond donors (Lipinski definition) is 2. The zero-order valence-corrected chi connectivity index (χ0v) is 20.7. The fraction of sp³-hybridized carbons (Fsp3) is 0.304. The third kappa shape index (κ3) is 9.27. The van der Waals surface area contributed by atoms with E-state index >= 15 is 0 Å². The zero-order chi connectivity index (χ0) is 20.7. The van der Waals surface area contributed by atoms with Crippen LogP contribution >= 0.6 is 0 Å². The van der Waals surface area contributed by atoms with E-state index in [9.17, 15) is 9.59 Å². The molecule has 0 aromatic heterocycles. The van der Waals surface area contributed by atoms with Crippen molar-refractivity contribution in [1.29, 1.82) is 0 Å². The standard InChI is InChI=1S/C23H27NO4.K.H/c1-16(21(25)26)14-20(24-22(27)28-23(2,3)4)15-17-10-12-19(13-11-17)18-8-6-5-7-9-18;;/h5-13,20H,1,14-15H2,2-4H3,(H,24,27)(H,25,26);;/q;+1;-1/t20-;;/m0../s1. The van der Waals surface area contributed by atoms with Crippen LogP contribution in [0.15, 0.2) is 66.7 Å². The van der Waals surface area contributed by atoms with E-state index in [0.717, 1.165) is 16.7 Å². The van der Waals surface area contributed by atoms with Crippen molar-refractivity contribution in [2.45, 2.75) is 45.3 Å². The fourth-order valence-electron chi connectivity index (χ4n) is 2.78. The van der Waals surface area contributed by atoms with Gasteiger partial charge < -0.3 is 16.6 Å². The summed E-state index contributed by atoms with van der Waals surface area (Å²) in [5, 5.41) is 11.9. The molecule has 2 rings (SSSR count). The molecule has 0 bridgehead atoms. The minimum atomic E-state index is -1.07. The van der Waals surface area contributed by atoms with Crippen molar-refractivity contribution < 1.29 is 72.2 Å². The van der Waals surface area contributed by atoms with Gasteiger partial charge in [-0.2, -0.15) is 0 Å². The quantitative estimate of drug-likeness (QED) is 0.529. The van der Waals surface area contributed by atoms with Crippen LogP contribution in [0, 0.1) is 0 Å². The van der Waals surface area contributed by atoms with Crippen LogP contribution in [0.4, 0.5) is 4.79 Å². The van der Waals surface area contributed by atoms with E-state index in [1.165, 1.54) is 0 Å². The third-order valence-electron chi connectivity index (χ3n) is 4.06. The molecule has 5 nitrogen and oxygen atoms in total. The first-order valence-electron chi connectivity index (χ1n) is 9.19.